The number of aliphatic hydroxyl groups excluding tert-OH is 2. The van der Waals surface area contributed by atoms with Crippen LogP contribution in [0, 0.1) is 35.0 Å². The van der Waals surface area contributed by atoms with Crippen molar-refractivity contribution >= 4 is 38.7 Å². The summed E-state index contributed by atoms with van der Waals surface area (Å²) in [6, 6.07) is 5.07. The summed E-state index contributed by atoms with van der Waals surface area (Å²) in [6.45, 7) is 16.6. The molecule has 24 nitrogen and oxygen atoms in total. The van der Waals surface area contributed by atoms with Crippen molar-refractivity contribution in [2.75, 3.05) is 46.7 Å². The molecule has 25 heteroatoms. The van der Waals surface area contributed by atoms with Gasteiger partial charge < -0.3 is 78.3 Å². The van der Waals surface area contributed by atoms with Crippen LogP contribution in [0.2, 0.25) is 0 Å². The summed E-state index contributed by atoms with van der Waals surface area (Å²) in [7, 11) is 0.801. The van der Waals surface area contributed by atoms with Crippen LogP contribution in [-0.4, -0.2) is 192 Å². The van der Waals surface area contributed by atoms with E-state index in [1.165, 1.54) is 27.2 Å². The largest absolute Gasteiger partial charge is 0.477 e. The standard InChI is InChI=1S/C56H87N5O19S/c1-14-41-56(10,69)48(64)32(4)43(59-74-20-17-57)30(2)25-54(8,68)49(79-53-46(63)40(60(11)12)22-31(3)75-53)33(5)47(34(6)52(67)77-41)78-42-26-55(9,72-13)50(35(7)76-42)80-81(70,71)21-19-58-18-15-16-36-23-37-28-73-29-61-27-39(51(65)66)45(62)38(24-36)44(37)61/h23-24,27,30-35,40-42,46-50,53,58,63-64,68-69H,14-16,18-22,25-26,28-29H2,1-13H3,(H,65,66)/b59-43+/t30-,31-,32+,33+,34-,35+,40+,41-,42+,46-,47+,48-,49-,50+,53+,54-,55-,56-/m1/s1. The predicted octanol–water partition coefficient (Wildman–Crippen LogP) is 3.19. The van der Waals surface area contributed by atoms with Crippen molar-refractivity contribution in [3.05, 3.63) is 45.2 Å². The molecule has 4 aliphatic heterocycles. The van der Waals surface area contributed by atoms with Gasteiger partial charge in [0.25, 0.3) is 10.1 Å². The number of nitrogens with zero attached hydrogens (tertiary/aromatic N) is 4. The Morgan fingerprint density at radius 2 is 1.70 bits per heavy atom. The van der Waals surface area contributed by atoms with Crippen molar-refractivity contribution in [3.63, 3.8) is 0 Å². The van der Waals surface area contributed by atoms with Gasteiger partial charge in [0.2, 0.25) is 12.0 Å². The van der Waals surface area contributed by atoms with Crippen LogP contribution in [0.3, 0.4) is 0 Å². The smallest absolute Gasteiger partial charge is 0.341 e. The number of pyridine rings is 1. The van der Waals surface area contributed by atoms with Gasteiger partial charge in [-0.15, -0.1) is 0 Å². The first-order valence-electron chi connectivity index (χ1n) is 27.9. The number of ether oxygens (including phenoxy) is 7. The fourth-order valence-electron chi connectivity index (χ4n) is 12.3. The summed E-state index contributed by atoms with van der Waals surface area (Å²) in [4.78, 5) is 46.8. The van der Waals surface area contributed by atoms with Crippen molar-refractivity contribution in [1.29, 1.82) is 5.26 Å². The average Bonchev–Trinajstić information content (AvgIpc) is 3.57. The van der Waals surface area contributed by atoms with Crippen LogP contribution in [-0.2, 0) is 76.8 Å². The van der Waals surface area contributed by atoms with Gasteiger partial charge >= 0.3 is 11.9 Å². The lowest BCUT2D eigenvalue weighted by Crippen LogP contribution is -2.61. The number of aliphatic hydroxyl groups is 4. The van der Waals surface area contributed by atoms with E-state index in [1.54, 1.807) is 59.1 Å². The lowest BCUT2D eigenvalue weighted by atomic mass is 9.73. The summed E-state index contributed by atoms with van der Waals surface area (Å²) >= 11 is 0. The lowest BCUT2D eigenvalue weighted by molar-refractivity contribution is -0.316. The number of carboxylic acids is 1. The Balaban J connectivity index is 1.22. The van der Waals surface area contributed by atoms with Crippen molar-refractivity contribution in [2.45, 2.75) is 205 Å². The highest BCUT2D eigenvalue weighted by Gasteiger charge is 2.54. The second kappa shape index (κ2) is 27.2. The number of cyclic esters (lactones) is 1. The molecule has 0 bridgehead atoms. The Morgan fingerprint density at radius 3 is 2.35 bits per heavy atom. The quantitative estimate of drug-likeness (QED) is 0.0509. The molecule has 18 atom stereocenters. The maximum absolute atomic E-state index is 14.6. The first-order chi connectivity index (χ1) is 37.9. The Morgan fingerprint density at radius 1 is 1.00 bits per heavy atom. The van der Waals surface area contributed by atoms with Crippen LogP contribution in [0.1, 0.15) is 123 Å². The molecule has 2 aromatic rings. The molecule has 0 unspecified atom stereocenters. The van der Waals surface area contributed by atoms with E-state index < -0.39 is 142 Å². The molecule has 3 fully saturated rings. The maximum atomic E-state index is 14.6. The normalized spacial score (nSPS) is 36.9. The molecule has 1 aromatic carbocycles. The highest BCUT2D eigenvalue weighted by molar-refractivity contribution is 7.86. The molecule has 6 rings (SSSR count). The Kier molecular flexibility index (Phi) is 22.1. The minimum Gasteiger partial charge on any atom is -0.477 e. The van der Waals surface area contributed by atoms with Gasteiger partial charge in [0.1, 0.15) is 42.3 Å². The summed E-state index contributed by atoms with van der Waals surface area (Å²) in [5, 5.41) is 75.3. The Hall–Kier alpha value is -4.24. The molecule has 0 saturated carbocycles. The van der Waals surface area contributed by atoms with E-state index in [0.29, 0.717) is 36.7 Å². The van der Waals surface area contributed by atoms with E-state index in [9.17, 15) is 53.6 Å². The van der Waals surface area contributed by atoms with Crippen LogP contribution < -0.4 is 10.7 Å². The first kappa shape index (κ1) is 65.9. The van der Waals surface area contributed by atoms with Crippen LogP contribution >= 0.6 is 0 Å². The first-order valence-corrected chi connectivity index (χ1v) is 29.5. The number of rotatable bonds is 19. The van der Waals surface area contributed by atoms with Gasteiger partial charge in [-0.25, -0.2) is 4.79 Å². The molecule has 1 aromatic heterocycles. The van der Waals surface area contributed by atoms with Gasteiger partial charge in [0.15, 0.2) is 12.6 Å². The highest BCUT2D eigenvalue weighted by atomic mass is 32.2. The summed E-state index contributed by atoms with van der Waals surface area (Å²) in [5.74, 6) is -6.49. The van der Waals surface area contributed by atoms with E-state index in [-0.39, 0.29) is 56.5 Å². The fourth-order valence-corrected chi connectivity index (χ4v) is 13.5. The number of aryl methyl sites for hydroxylation is 1. The number of hydrogen-bond donors (Lipinski definition) is 6. The monoisotopic (exact) mass is 1170 g/mol. The van der Waals surface area contributed by atoms with Gasteiger partial charge in [-0.05, 0) is 106 Å². The number of hydrogen-bond acceptors (Lipinski definition) is 22. The van der Waals surface area contributed by atoms with Crippen molar-refractivity contribution in [2.24, 2.45) is 28.8 Å². The molecule has 81 heavy (non-hydrogen) atoms. The third-order valence-electron chi connectivity index (χ3n) is 16.7. The number of nitriles is 1. The van der Waals surface area contributed by atoms with Gasteiger partial charge in [0.05, 0.1) is 71.2 Å². The molecule has 0 spiro atoms. The molecule has 0 radical (unpaired) electrons. The van der Waals surface area contributed by atoms with Crippen LogP contribution in [0.25, 0.3) is 10.9 Å². The number of aromatic nitrogens is 1. The molecule has 0 amide bonds. The van der Waals surface area contributed by atoms with E-state index in [2.05, 4.69) is 10.5 Å². The topological polar surface area (TPSA) is 326 Å². The van der Waals surface area contributed by atoms with Crippen molar-refractivity contribution in [1.82, 2.24) is 14.8 Å². The molecule has 3 saturated heterocycles. The summed E-state index contributed by atoms with van der Waals surface area (Å²) < 4.78 is 79.1. The number of esters is 1. The number of likely N-dealkylation sites (N-methyl/N-ethyl adjacent to an activating group) is 1. The predicted molar refractivity (Wildman–Crippen MR) is 294 cm³/mol. The zero-order chi connectivity index (χ0) is 60.1. The summed E-state index contributed by atoms with van der Waals surface area (Å²) in [5.41, 5.74) is -3.87. The number of methoxy groups -OCH3 is 1. The van der Waals surface area contributed by atoms with Crippen LogP contribution in [0.5, 0.6) is 0 Å². The Labute approximate surface area is 475 Å². The van der Waals surface area contributed by atoms with Crippen LogP contribution in [0.15, 0.2) is 28.3 Å². The number of carbonyl (C=O) groups is 2. The third kappa shape index (κ3) is 15.2. The van der Waals surface area contributed by atoms with Crippen LogP contribution in [0.4, 0.5) is 0 Å². The molecule has 6 N–H and O–H groups in total. The molecule has 0 aliphatic carbocycles. The molecule has 5 heterocycles. The molecule has 456 valence electrons. The van der Waals surface area contributed by atoms with Crippen molar-refractivity contribution in [3.8, 4) is 6.07 Å². The lowest BCUT2D eigenvalue weighted by Gasteiger charge is -2.49. The molecular weight excluding hydrogens is 1080 g/mol. The van der Waals surface area contributed by atoms with Crippen molar-refractivity contribution < 1.29 is 85.7 Å². The number of aromatic carboxylic acids is 1. The Bertz CT molecular complexity index is 2750. The van der Waals surface area contributed by atoms with Gasteiger partial charge in [-0.1, -0.05) is 38.9 Å². The number of nitrogens with one attached hydrogen (secondary N) is 1. The minimum atomic E-state index is -4.24. The zero-order valence-electron chi connectivity index (χ0n) is 49.0. The molecular formula is C56H87N5O19S. The second-order valence-electron chi connectivity index (χ2n) is 23.5. The number of oxime groups is 1. The number of carboxylic acid groups (broad SMARTS) is 1. The minimum absolute atomic E-state index is 0.0234. The van der Waals surface area contributed by atoms with Gasteiger partial charge in [-0.2, -0.15) is 13.7 Å². The molecule has 4 aliphatic rings. The summed E-state index contributed by atoms with van der Waals surface area (Å²) in [6.07, 6.45) is -9.14. The third-order valence-corrected chi connectivity index (χ3v) is 17.9. The van der Waals surface area contributed by atoms with E-state index in [4.69, 9.17) is 42.2 Å². The fraction of sp³-hybridized carbons (Fsp3) is 0.768. The number of benzene rings is 1. The average molecular weight is 1170 g/mol. The SMILES string of the molecule is CC[C@H]1OC(=O)[C@H](C)[C@@H](O[C@H]2C[C@@](C)(OC)[C@@H](OS(=O)(=O)CCNCCCc3cc4c5c(c3)c(=O)c(C(=O)O)cn5COC4)[C@H](C)O2)[C@H](C)[C@@H](O[C@@H]2O[C@H](C)C[C@H](N(C)C)[C@H]2O)[C@](C)(O)C[C@@H](C)/C(=N\OCC#N)[C@H](C)[C@@H](O)[C@]1(C)O. The highest BCUT2D eigenvalue weighted by Crippen LogP contribution is 2.42. The number of carbonyl (C=O) groups excluding carboxylic acids is 1. The zero-order valence-corrected chi connectivity index (χ0v) is 49.8. The van der Waals surface area contributed by atoms with Gasteiger partial charge in [-0.3, -0.25) is 13.8 Å². The maximum Gasteiger partial charge on any atom is 0.341 e. The van der Waals surface area contributed by atoms with E-state index in [1.807, 2.05) is 38.1 Å². The second-order valence-corrected chi connectivity index (χ2v) is 25.2. The van der Waals surface area contributed by atoms with Gasteiger partial charge in [0, 0.05) is 61.0 Å². The van der Waals surface area contributed by atoms with E-state index >= 15 is 0 Å². The van der Waals surface area contributed by atoms with E-state index in [0.717, 1.165) is 11.1 Å².